The van der Waals surface area contributed by atoms with E-state index in [1.54, 1.807) is 0 Å². The molecule has 2 rings (SSSR count). The number of halogens is 1. The van der Waals surface area contributed by atoms with Gasteiger partial charge < -0.3 is 11.1 Å². The van der Waals surface area contributed by atoms with Crippen molar-refractivity contribution in [2.45, 2.75) is 38.6 Å². The number of benzene rings is 1. The summed E-state index contributed by atoms with van der Waals surface area (Å²) >= 11 is 3.50. The number of carbonyl (C=O) groups excluding carboxylic acids is 1. The maximum atomic E-state index is 11.9. The standard InChI is InChI=1S/C13H17BrN2O/c1-7(15)4-8-5-9(14)6-10-11(8)16-12(17)13(10,2)3/h5-7H,4,15H2,1-3H3,(H,16,17). The van der Waals surface area contributed by atoms with Crippen LogP contribution in [-0.4, -0.2) is 11.9 Å². The van der Waals surface area contributed by atoms with Crippen molar-refractivity contribution in [3.8, 4) is 0 Å². The van der Waals surface area contributed by atoms with Crippen LogP contribution in [0.15, 0.2) is 16.6 Å². The molecule has 92 valence electrons. The molecule has 1 atom stereocenters. The highest BCUT2D eigenvalue weighted by atomic mass is 79.9. The predicted molar refractivity (Wildman–Crippen MR) is 73.2 cm³/mol. The quantitative estimate of drug-likeness (QED) is 0.881. The van der Waals surface area contributed by atoms with E-state index in [0.717, 1.165) is 27.7 Å². The number of carbonyl (C=O) groups is 1. The molecule has 0 fully saturated rings. The first-order valence-corrected chi connectivity index (χ1v) is 6.51. The summed E-state index contributed by atoms with van der Waals surface area (Å²) in [7, 11) is 0. The van der Waals surface area contributed by atoms with Crippen LogP contribution < -0.4 is 11.1 Å². The fourth-order valence-corrected chi connectivity index (χ4v) is 2.71. The molecule has 1 aliphatic rings. The second kappa shape index (κ2) is 4.10. The lowest BCUT2D eigenvalue weighted by molar-refractivity contribution is -0.119. The topological polar surface area (TPSA) is 55.1 Å². The first-order valence-electron chi connectivity index (χ1n) is 5.72. The Kier molecular flexibility index (Phi) is 3.04. The number of fused-ring (bicyclic) bond motifs is 1. The van der Waals surface area contributed by atoms with Crippen LogP contribution in [0.4, 0.5) is 5.69 Å². The summed E-state index contributed by atoms with van der Waals surface area (Å²) in [5, 5.41) is 2.97. The zero-order valence-corrected chi connectivity index (χ0v) is 11.9. The molecule has 3 nitrogen and oxygen atoms in total. The summed E-state index contributed by atoms with van der Waals surface area (Å²) in [4.78, 5) is 11.9. The van der Waals surface area contributed by atoms with Crippen LogP contribution in [0.1, 0.15) is 31.9 Å². The van der Waals surface area contributed by atoms with Gasteiger partial charge in [0.05, 0.1) is 5.41 Å². The molecule has 1 heterocycles. The molecule has 0 saturated carbocycles. The molecule has 0 spiro atoms. The highest BCUT2D eigenvalue weighted by Crippen LogP contribution is 2.41. The van der Waals surface area contributed by atoms with Gasteiger partial charge in [0.15, 0.2) is 0 Å². The van der Waals surface area contributed by atoms with E-state index in [1.807, 2.05) is 32.9 Å². The molecule has 1 aliphatic heterocycles. The lowest BCUT2D eigenvalue weighted by Gasteiger charge is -2.16. The Morgan fingerprint density at radius 3 is 2.71 bits per heavy atom. The summed E-state index contributed by atoms with van der Waals surface area (Å²) < 4.78 is 0.997. The van der Waals surface area contributed by atoms with E-state index in [0.29, 0.717) is 0 Å². The van der Waals surface area contributed by atoms with Crippen molar-refractivity contribution in [1.29, 1.82) is 0 Å². The van der Waals surface area contributed by atoms with Gasteiger partial charge in [-0.05, 0) is 50.5 Å². The third kappa shape index (κ3) is 2.11. The Hall–Kier alpha value is -0.870. The molecule has 1 amide bonds. The average molecular weight is 297 g/mol. The van der Waals surface area contributed by atoms with Gasteiger partial charge in [0.2, 0.25) is 5.91 Å². The lowest BCUT2D eigenvalue weighted by Crippen LogP contribution is -2.26. The highest BCUT2D eigenvalue weighted by Gasteiger charge is 2.39. The van der Waals surface area contributed by atoms with Gasteiger partial charge in [0.25, 0.3) is 0 Å². The normalized spacial score (nSPS) is 18.8. The minimum absolute atomic E-state index is 0.0523. The monoisotopic (exact) mass is 296 g/mol. The Bertz CT molecular complexity index is 481. The average Bonchev–Trinajstić information content (AvgIpc) is 2.40. The number of rotatable bonds is 2. The second-order valence-electron chi connectivity index (χ2n) is 5.25. The van der Waals surface area contributed by atoms with Crippen molar-refractivity contribution in [3.05, 3.63) is 27.7 Å². The molecule has 0 saturated heterocycles. The summed E-state index contributed by atoms with van der Waals surface area (Å²) in [5.74, 6) is 0.0523. The van der Waals surface area contributed by atoms with Crippen LogP contribution in [0.3, 0.4) is 0 Å². The maximum Gasteiger partial charge on any atom is 0.234 e. The van der Waals surface area contributed by atoms with E-state index in [2.05, 4.69) is 21.2 Å². The number of nitrogens with one attached hydrogen (secondary N) is 1. The summed E-state index contributed by atoms with van der Waals surface area (Å²) in [5.41, 5.74) is 8.47. The maximum absolute atomic E-state index is 11.9. The van der Waals surface area contributed by atoms with Crippen molar-refractivity contribution < 1.29 is 4.79 Å². The minimum Gasteiger partial charge on any atom is -0.328 e. The fourth-order valence-electron chi connectivity index (χ4n) is 2.20. The van der Waals surface area contributed by atoms with E-state index in [-0.39, 0.29) is 11.9 Å². The van der Waals surface area contributed by atoms with E-state index in [1.165, 1.54) is 0 Å². The summed E-state index contributed by atoms with van der Waals surface area (Å²) in [6, 6.07) is 4.12. The highest BCUT2D eigenvalue weighted by molar-refractivity contribution is 9.10. The smallest absolute Gasteiger partial charge is 0.234 e. The van der Waals surface area contributed by atoms with Crippen molar-refractivity contribution in [2.24, 2.45) is 5.73 Å². The predicted octanol–water partition coefficient (Wildman–Crippen LogP) is 2.57. The van der Waals surface area contributed by atoms with Gasteiger partial charge in [-0.25, -0.2) is 0 Å². The van der Waals surface area contributed by atoms with Crippen LogP contribution >= 0.6 is 15.9 Å². The molecule has 1 unspecified atom stereocenters. The van der Waals surface area contributed by atoms with Crippen LogP contribution in [0.5, 0.6) is 0 Å². The van der Waals surface area contributed by atoms with Gasteiger partial charge >= 0.3 is 0 Å². The fraction of sp³-hybridized carbons (Fsp3) is 0.462. The molecule has 1 aromatic rings. The van der Waals surface area contributed by atoms with Crippen molar-refractivity contribution in [1.82, 2.24) is 0 Å². The van der Waals surface area contributed by atoms with Crippen LogP contribution in [-0.2, 0) is 16.6 Å². The van der Waals surface area contributed by atoms with Gasteiger partial charge in [0, 0.05) is 16.2 Å². The first kappa shape index (κ1) is 12.6. The SMILES string of the molecule is CC(N)Cc1cc(Br)cc2c1NC(=O)C2(C)C. The number of hydrogen-bond donors (Lipinski definition) is 2. The molecule has 1 aromatic carbocycles. The Balaban J connectivity index is 2.56. The molecule has 4 heteroatoms. The lowest BCUT2D eigenvalue weighted by atomic mass is 9.85. The Labute approximate surface area is 110 Å². The number of hydrogen-bond acceptors (Lipinski definition) is 2. The number of amides is 1. The minimum atomic E-state index is -0.467. The van der Waals surface area contributed by atoms with E-state index in [4.69, 9.17) is 5.73 Å². The number of nitrogens with two attached hydrogens (primary N) is 1. The zero-order chi connectivity index (χ0) is 12.8. The molecular weight excluding hydrogens is 280 g/mol. The van der Waals surface area contributed by atoms with Crippen molar-refractivity contribution >= 4 is 27.5 Å². The molecule has 0 aromatic heterocycles. The summed E-state index contributed by atoms with van der Waals surface area (Å²) in [6.07, 6.45) is 0.762. The van der Waals surface area contributed by atoms with Gasteiger partial charge in [-0.1, -0.05) is 15.9 Å². The molecule has 0 radical (unpaired) electrons. The second-order valence-corrected chi connectivity index (χ2v) is 6.16. The van der Waals surface area contributed by atoms with E-state index < -0.39 is 5.41 Å². The zero-order valence-electron chi connectivity index (χ0n) is 10.3. The van der Waals surface area contributed by atoms with Crippen LogP contribution in [0.2, 0.25) is 0 Å². The first-order chi connectivity index (χ1) is 7.82. The number of anilines is 1. The van der Waals surface area contributed by atoms with Crippen LogP contribution in [0.25, 0.3) is 0 Å². The molecule has 0 aliphatic carbocycles. The Morgan fingerprint density at radius 1 is 1.47 bits per heavy atom. The third-order valence-electron chi connectivity index (χ3n) is 3.21. The van der Waals surface area contributed by atoms with Gasteiger partial charge in [-0.3, -0.25) is 4.79 Å². The molecule has 3 N–H and O–H groups in total. The van der Waals surface area contributed by atoms with Crippen LogP contribution in [0, 0.1) is 0 Å². The molecule has 17 heavy (non-hydrogen) atoms. The Morgan fingerprint density at radius 2 is 2.12 bits per heavy atom. The van der Waals surface area contributed by atoms with Gasteiger partial charge in [-0.2, -0.15) is 0 Å². The molecular formula is C13H17BrN2O. The summed E-state index contributed by atoms with van der Waals surface area (Å²) in [6.45, 7) is 5.85. The van der Waals surface area contributed by atoms with E-state index >= 15 is 0 Å². The van der Waals surface area contributed by atoms with Crippen molar-refractivity contribution in [2.75, 3.05) is 5.32 Å². The third-order valence-corrected chi connectivity index (χ3v) is 3.66. The van der Waals surface area contributed by atoms with E-state index in [9.17, 15) is 4.79 Å². The van der Waals surface area contributed by atoms with Gasteiger partial charge in [-0.15, -0.1) is 0 Å². The van der Waals surface area contributed by atoms with Gasteiger partial charge in [0.1, 0.15) is 0 Å². The van der Waals surface area contributed by atoms with Crippen molar-refractivity contribution in [3.63, 3.8) is 0 Å². The largest absolute Gasteiger partial charge is 0.328 e. The molecule has 0 bridgehead atoms.